The van der Waals surface area contributed by atoms with E-state index in [1.807, 2.05) is 61.5 Å². The maximum Gasteiger partial charge on any atom is 0.262 e. The van der Waals surface area contributed by atoms with Crippen molar-refractivity contribution in [3.8, 4) is 5.75 Å². The van der Waals surface area contributed by atoms with Gasteiger partial charge in [0.05, 0.1) is 0 Å². The van der Waals surface area contributed by atoms with E-state index in [2.05, 4.69) is 5.32 Å². The average Bonchev–Trinajstić information content (AvgIpc) is 2.73. The van der Waals surface area contributed by atoms with Crippen LogP contribution in [-0.2, 0) is 4.79 Å². The quantitative estimate of drug-likeness (QED) is 0.700. The van der Waals surface area contributed by atoms with Gasteiger partial charge < -0.3 is 15.0 Å². The molecular formula is C23H22N2O3. The first-order valence-corrected chi connectivity index (χ1v) is 8.95. The third-order valence-electron chi connectivity index (χ3n) is 4.25. The molecule has 0 saturated carbocycles. The van der Waals surface area contributed by atoms with E-state index in [-0.39, 0.29) is 18.4 Å². The fourth-order valence-electron chi connectivity index (χ4n) is 2.64. The molecule has 0 unspecified atom stereocenters. The van der Waals surface area contributed by atoms with Crippen molar-refractivity contribution in [2.75, 3.05) is 23.9 Å². The third-order valence-corrected chi connectivity index (χ3v) is 4.25. The van der Waals surface area contributed by atoms with Crippen LogP contribution in [0.15, 0.2) is 78.9 Å². The highest BCUT2D eigenvalue weighted by molar-refractivity contribution is 6.06. The zero-order chi connectivity index (χ0) is 19.9. The number of carbonyl (C=O) groups excluding carboxylic acids is 2. The number of carbonyl (C=O) groups is 2. The maximum atomic E-state index is 12.6. The summed E-state index contributed by atoms with van der Waals surface area (Å²) in [5.74, 6) is 0.262. The third kappa shape index (κ3) is 4.98. The number of nitrogens with one attached hydrogen (secondary N) is 1. The molecule has 1 N–H and O–H groups in total. The first-order chi connectivity index (χ1) is 13.5. The van der Waals surface area contributed by atoms with Crippen LogP contribution in [0.5, 0.6) is 5.75 Å². The van der Waals surface area contributed by atoms with Gasteiger partial charge in [0.2, 0.25) is 0 Å². The molecule has 0 bridgehead atoms. The van der Waals surface area contributed by atoms with E-state index in [1.165, 1.54) is 0 Å². The first kappa shape index (κ1) is 19.2. The highest BCUT2D eigenvalue weighted by Crippen LogP contribution is 2.17. The van der Waals surface area contributed by atoms with Gasteiger partial charge in [0, 0.05) is 24.0 Å². The Balaban J connectivity index is 1.55. The maximum absolute atomic E-state index is 12.6. The Morgan fingerprint density at radius 3 is 2.18 bits per heavy atom. The van der Waals surface area contributed by atoms with Crippen LogP contribution in [0, 0.1) is 6.92 Å². The number of nitrogens with zero attached hydrogens (tertiary/aromatic N) is 1. The molecule has 0 aliphatic heterocycles. The summed E-state index contributed by atoms with van der Waals surface area (Å²) >= 11 is 0. The molecule has 2 amide bonds. The molecule has 0 atom stereocenters. The lowest BCUT2D eigenvalue weighted by atomic mass is 10.1. The number of rotatable bonds is 6. The van der Waals surface area contributed by atoms with E-state index in [0.29, 0.717) is 17.0 Å². The van der Waals surface area contributed by atoms with Crippen molar-refractivity contribution in [2.45, 2.75) is 6.92 Å². The van der Waals surface area contributed by atoms with E-state index in [0.717, 1.165) is 11.3 Å². The molecule has 0 spiro atoms. The minimum absolute atomic E-state index is 0.0828. The van der Waals surface area contributed by atoms with Crippen LogP contribution in [0.2, 0.25) is 0 Å². The standard InChI is InChI=1S/C23H22N2O3/c1-17-8-14-21(15-9-17)28-16-22(26)24-19-12-10-18(11-13-19)23(27)25(2)20-6-4-3-5-7-20/h3-15H,16H2,1-2H3,(H,24,26). The lowest BCUT2D eigenvalue weighted by Crippen LogP contribution is -2.26. The Kier molecular flexibility index (Phi) is 6.07. The Bertz CT molecular complexity index is 936. The Morgan fingerprint density at radius 2 is 1.54 bits per heavy atom. The lowest BCUT2D eigenvalue weighted by Gasteiger charge is -2.17. The van der Waals surface area contributed by atoms with Crippen molar-refractivity contribution in [1.29, 1.82) is 0 Å². The molecule has 5 nitrogen and oxygen atoms in total. The van der Waals surface area contributed by atoms with Crippen molar-refractivity contribution < 1.29 is 14.3 Å². The van der Waals surface area contributed by atoms with Gasteiger partial charge in [0.1, 0.15) is 5.75 Å². The number of hydrogen-bond donors (Lipinski definition) is 1. The summed E-state index contributed by atoms with van der Waals surface area (Å²) in [5, 5.41) is 2.76. The van der Waals surface area contributed by atoms with Crippen molar-refractivity contribution in [1.82, 2.24) is 0 Å². The van der Waals surface area contributed by atoms with Gasteiger partial charge in [-0.1, -0.05) is 35.9 Å². The Labute approximate surface area is 164 Å². The Morgan fingerprint density at radius 1 is 0.893 bits per heavy atom. The second-order valence-corrected chi connectivity index (χ2v) is 6.43. The summed E-state index contributed by atoms with van der Waals surface area (Å²) in [6.07, 6.45) is 0. The molecule has 3 rings (SSSR count). The van der Waals surface area contributed by atoms with E-state index >= 15 is 0 Å². The molecule has 0 aromatic heterocycles. The van der Waals surface area contributed by atoms with Crippen molar-refractivity contribution in [2.24, 2.45) is 0 Å². The molecule has 5 heteroatoms. The van der Waals surface area contributed by atoms with Crippen LogP contribution in [0.1, 0.15) is 15.9 Å². The first-order valence-electron chi connectivity index (χ1n) is 8.95. The summed E-state index contributed by atoms with van der Waals surface area (Å²) in [6, 6.07) is 23.7. The number of ether oxygens (including phenoxy) is 1. The van der Waals surface area contributed by atoms with Crippen LogP contribution in [0.4, 0.5) is 11.4 Å². The molecule has 0 aliphatic rings. The number of aryl methyl sites for hydroxylation is 1. The second kappa shape index (κ2) is 8.86. The van der Waals surface area contributed by atoms with Crippen molar-refractivity contribution in [3.05, 3.63) is 90.0 Å². The van der Waals surface area contributed by atoms with Crippen molar-refractivity contribution in [3.63, 3.8) is 0 Å². The fraction of sp³-hybridized carbons (Fsp3) is 0.130. The topological polar surface area (TPSA) is 58.6 Å². The highest BCUT2D eigenvalue weighted by atomic mass is 16.5. The highest BCUT2D eigenvalue weighted by Gasteiger charge is 2.13. The normalized spacial score (nSPS) is 10.2. The van der Waals surface area contributed by atoms with Gasteiger partial charge in [-0.25, -0.2) is 0 Å². The van der Waals surface area contributed by atoms with E-state index in [4.69, 9.17) is 4.74 Å². The predicted molar refractivity (Wildman–Crippen MR) is 111 cm³/mol. The van der Waals surface area contributed by atoms with Gasteiger partial charge in [-0.3, -0.25) is 9.59 Å². The minimum Gasteiger partial charge on any atom is -0.484 e. The summed E-state index contributed by atoms with van der Waals surface area (Å²) in [7, 11) is 1.73. The summed E-state index contributed by atoms with van der Waals surface area (Å²) in [6.45, 7) is 1.91. The monoisotopic (exact) mass is 374 g/mol. The molecule has 0 fully saturated rings. The van der Waals surface area contributed by atoms with Gasteiger partial charge >= 0.3 is 0 Å². The molecule has 0 heterocycles. The SMILES string of the molecule is Cc1ccc(OCC(=O)Nc2ccc(C(=O)N(C)c3ccccc3)cc2)cc1. The van der Waals surface area contributed by atoms with Crippen molar-refractivity contribution >= 4 is 23.2 Å². The Hall–Kier alpha value is -3.60. The molecular weight excluding hydrogens is 352 g/mol. The second-order valence-electron chi connectivity index (χ2n) is 6.43. The van der Waals surface area contributed by atoms with Crippen LogP contribution in [0.25, 0.3) is 0 Å². The smallest absolute Gasteiger partial charge is 0.262 e. The summed E-state index contributed by atoms with van der Waals surface area (Å²) < 4.78 is 5.46. The largest absolute Gasteiger partial charge is 0.484 e. The van der Waals surface area contributed by atoms with Crippen LogP contribution in [0.3, 0.4) is 0 Å². The number of benzene rings is 3. The fourth-order valence-corrected chi connectivity index (χ4v) is 2.64. The summed E-state index contributed by atoms with van der Waals surface area (Å²) in [5.41, 5.74) is 3.10. The number of hydrogen-bond acceptors (Lipinski definition) is 3. The molecule has 0 aliphatic carbocycles. The number of amides is 2. The van der Waals surface area contributed by atoms with E-state index in [9.17, 15) is 9.59 Å². The molecule has 0 saturated heterocycles. The van der Waals surface area contributed by atoms with Gasteiger partial charge in [-0.2, -0.15) is 0 Å². The van der Waals surface area contributed by atoms with E-state index < -0.39 is 0 Å². The lowest BCUT2D eigenvalue weighted by molar-refractivity contribution is -0.118. The molecule has 0 radical (unpaired) electrons. The van der Waals surface area contributed by atoms with Crippen LogP contribution < -0.4 is 15.0 Å². The van der Waals surface area contributed by atoms with Gasteiger partial charge in [-0.15, -0.1) is 0 Å². The van der Waals surface area contributed by atoms with Gasteiger partial charge in [0.15, 0.2) is 6.61 Å². The van der Waals surface area contributed by atoms with Crippen LogP contribution in [-0.4, -0.2) is 25.5 Å². The zero-order valence-electron chi connectivity index (χ0n) is 15.9. The molecule has 28 heavy (non-hydrogen) atoms. The molecule has 3 aromatic carbocycles. The van der Waals surface area contributed by atoms with E-state index in [1.54, 1.807) is 36.2 Å². The minimum atomic E-state index is -0.263. The molecule has 142 valence electrons. The number of para-hydroxylation sites is 1. The average molecular weight is 374 g/mol. The molecule has 3 aromatic rings. The van der Waals surface area contributed by atoms with Gasteiger partial charge in [0.25, 0.3) is 11.8 Å². The number of anilines is 2. The summed E-state index contributed by atoms with van der Waals surface area (Å²) in [4.78, 5) is 26.2. The zero-order valence-corrected chi connectivity index (χ0v) is 15.9. The van der Waals surface area contributed by atoms with Gasteiger partial charge in [-0.05, 0) is 55.5 Å². The predicted octanol–water partition coefficient (Wildman–Crippen LogP) is 4.29. The van der Waals surface area contributed by atoms with Crippen LogP contribution >= 0.6 is 0 Å².